The van der Waals surface area contributed by atoms with Crippen LogP contribution in [0.25, 0.3) is 16.5 Å². The average molecular weight is 464 g/mol. The topological polar surface area (TPSA) is 63.6 Å². The molecule has 1 N–H and O–H groups in total. The van der Waals surface area contributed by atoms with Crippen molar-refractivity contribution < 1.29 is 13.9 Å². The fourth-order valence-corrected chi connectivity index (χ4v) is 4.50. The summed E-state index contributed by atoms with van der Waals surface area (Å²) in [6.45, 7) is 4.38. The van der Waals surface area contributed by atoms with E-state index >= 15 is 0 Å². The molecular weight excluding hydrogens is 433 g/mol. The number of nitrogens with zero attached hydrogens (tertiary/aromatic N) is 2. The number of ether oxygens (including phenoxy) is 1. The summed E-state index contributed by atoms with van der Waals surface area (Å²) in [7, 11) is 0. The first-order valence-corrected chi connectivity index (χ1v) is 12.0. The molecule has 1 aliphatic heterocycles. The van der Waals surface area contributed by atoms with Crippen LogP contribution in [-0.2, 0) is 0 Å². The Balaban J connectivity index is 1.37. The lowest BCUT2D eigenvalue weighted by atomic mass is 10.1. The number of amides is 1. The molecular formula is C27H30FN3O3. The monoisotopic (exact) mass is 463 g/mol. The summed E-state index contributed by atoms with van der Waals surface area (Å²) in [6, 6.07) is 13.1. The SMILES string of the molecule is Cc1ccc(C(=O)NC2CC2)cc1-n1ccc2ccc(OCCN3CCCC(F)C3)cc2c1=O. The van der Waals surface area contributed by atoms with Crippen LogP contribution < -0.4 is 15.6 Å². The smallest absolute Gasteiger partial charge is 0.263 e. The number of alkyl halides is 1. The Morgan fingerprint density at radius 1 is 1.15 bits per heavy atom. The van der Waals surface area contributed by atoms with Crippen LogP contribution in [0, 0.1) is 6.92 Å². The molecule has 2 aliphatic rings. The normalized spacial score (nSPS) is 18.7. The number of rotatable bonds is 7. The summed E-state index contributed by atoms with van der Waals surface area (Å²) in [5.74, 6) is 0.506. The lowest BCUT2D eigenvalue weighted by Crippen LogP contribution is -2.38. The number of carbonyl (C=O) groups is 1. The van der Waals surface area contributed by atoms with Crippen LogP contribution in [0.2, 0.25) is 0 Å². The van der Waals surface area contributed by atoms with Crippen molar-refractivity contribution in [2.24, 2.45) is 0 Å². The number of piperidine rings is 1. The Bertz CT molecular complexity index is 1270. The van der Waals surface area contributed by atoms with E-state index in [0.717, 1.165) is 36.8 Å². The van der Waals surface area contributed by atoms with Crippen LogP contribution in [0.1, 0.15) is 41.6 Å². The number of likely N-dealkylation sites (tertiary alicyclic amines) is 1. The lowest BCUT2D eigenvalue weighted by Gasteiger charge is -2.28. The van der Waals surface area contributed by atoms with Gasteiger partial charge in [-0.3, -0.25) is 19.1 Å². The highest BCUT2D eigenvalue weighted by Gasteiger charge is 2.24. The highest BCUT2D eigenvalue weighted by molar-refractivity contribution is 5.95. The highest BCUT2D eigenvalue weighted by Crippen LogP contribution is 2.23. The maximum Gasteiger partial charge on any atom is 0.263 e. The maximum atomic E-state index is 13.6. The fraction of sp³-hybridized carbons (Fsp3) is 0.407. The minimum Gasteiger partial charge on any atom is -0.492 e. The molecule has 3 aromatic rings. The van der Waals surface area contributed by atoms with Crippen molar-refractivity contribution in [3.05, 3.63) is 70.1 Å². The van der Waals surface area contributed by atoms with Crippen molar-refractivity contribution in [1.29, 1.82) is 0 Å². The minimum atomic E-state index is -0.755. The van der Waals surface area contributed by atoms with Crippen LogP contribution in [0.3, 0.4) is 0 Å². The van der Waals surface area contributed by atoms with E-state index in [-0.39, 0.29) is 17.5 Å². The Kier molecular flexibility index (Phi) is 6.37. The van der Waals surface area contributed by atoms with Gasteiger partial charge < -0.3 is 10.1 Å². The number of aromatic nitrogens is 1. The molecule has 1 saturated carbocycles. The Hall–Kier alpha value is -3.19. The number of aryl methyl sites for hydroxylation is 1. The van der Waals surface area contributed by atoms with Gasteiger partial charge in [0, 0.05) is 30.9 Å². The number of fused-ring (bicyclic) bond motifs is 1. The second-order valence-electron chi connectivity index (χ2n) is 9.38. The molecule has 1 aromatic heterocycles. The van der Waals surface area contributed by atoms with Crippen LogP contribution in [-0.4, -0.2) is 53.8 Å². The van der Waals surface area contributed by atoms with Crippen LogP contribution in [0.15, 0.2) is 53.5 Å². The van der Waals surface area contributed by atoms with Gasteiger partial charge in [0.05, 0.1) is 11.1 Å². The Morgan fingerprint density at radius 3 is 2.79 bits per heavy atom. The standard InChI is InChI=1S/C27H30FN3O3/c1-18-4-5-20(26(32)29-22-7-8-22)15-25(18)31-12-10-19-6-9-23(16-24(19)27(31)33)34-14-13-30-11-2-3-21(28)17-30/h4-6,9-10,12,15-16,21-22H,2-3,7-8,11,13-14,17H2,1H3,(H,29,32). The summed E-state index contributed by atoms with van der Waals surface area (Å²) >= 11 is 0. The third kappa shape index (κ3) is 4.99. The first-order chi connectivity index (χ1) is 16.5. The molecule has 6 nitrogen and oxygen atoms in total. The van der Waals surface area contributed by atoms with Gasteiger partial charge in [0.1, 0.15) is 18.5 Å². The van der Waals surface area contributed by atoms with Crippen molar-refractivity contribution in [3.8, 4) is 11.4 Å². The molecule has 0 bridgehead atoms. The van der Waals surface area contributed by atoms with Gasteiger partial charge in [0.15, 0.2) is 0 Å². The van der Waals surface area contributed by atoms with E-state index in [1.165, 1.54) is 0 Å². The van der Waals surface area contributed by atoms with Crippen LogP contribution >= 0.6 is 0 Å². The zero-order valence-electron chi connectivity index (χ0n) is 19.4. The molecule has 1 amide bonds. The molecule has 7 heteroatoms. The van der Waals surface area contributed by atoms with Gasteiger partial charge in [-0.05, 0) is 80.4 Å². The van der Waals surface area contributed by atoms with Gasteiger partial charge in [-0.25, -0.2) is 4.39 Å². The summed E-state index contributed by atoms with van der Waals surface area (Å²) in [6.07, 6.45) is 4.55. The predicted octanol–water partition coefficient (Wildman–Crippen LogP) is 4.00. The van der Waals surface area contributed by atoms with Gasteiger partial charge in [-0.15, -0.1) is 0 Å². The molecule has 0 radical (unpaired) electrons. The number of carbonyl (C=O) groups excluding carboxylic acids is 1. The fourth-order valence-electron chi connectivity index (χ4n) is 4.50. The molecule has 1 saturated heterocycles. The number of pyridine rings is 1. The van der Waals surface area contributed by atoms with Crippen molar-refractivity contribution in [3.63, 3.8) is 0 Å². The highest BCUT2D eigenvalue weighted by atomic mass is 19.1. The Labute approximate surface area is 198 Å². The Morgan fingerprint density at radius 2 is 2.00 bits per heavy atom. The first-order valence-electron chi connectivity index (χ1n) is 12.0. The van der Waals surface area contributed by atoms with Gasteiger partial charge in [-0.1, -0.05) is 12.1 Å². The molecule has 34 heavy (non-hydrogen) atoms. The number of hydrogen-bond donors (Lipinski definition) is 1. The number of benzene rings is 2. The number of nitrogens with one attached hydrogen (secondary N) is 1. The molecule has 1 atom stereocenters. The van der Waals surface area contributed by atoms with Gasteiger partial charge in [0.2, 0.25) is 0 Å². The second kappa shape index (κ2) is 9.58. The number of hydrogen-bond acceptors (Lipinski definition) is 4. The maximum absolute atomic E-state index is 13.6. The lowest BCUT2D eigenvalue weighted by molar-refractivity contribution is 0.0951. The summed E-state index contributed by atoms with van der Waals surface area (Å²) in [5, 5.41) is 4.37. The average Bonchev–Trinajstić information content (AvgIpc) is 3.64. The largest absolute Gasteiger partial charge is 0.492 e. The van der Waals surface area contributed by atoms with Crippen molar-refractivity contribution >= 4 is 16.7 Å². The van der Waals surface area contributed by atoms with Crippen molar-refractivity contribution in [2.75, 3.05) is 26.2 Å². The van der Waals surface area contributed by atoms with E-state index in [9.17, 15) is 14.0 Å². The predicted molar refractivity (Wildman–Crippen MR) is 131 cm³/mol. The molecule has 1 unspecified atom stereocenters. The van der Waals surface area contributed by atoms with Gasteiger partial charge >= 0.3 is 0 Å². The quantitative estimate of drug-likeness (QED) is 0.575. The third-order valence-electron chi connectivity index (χ3n) is 6.64. The van der Waals surface area contributed by atoms with Gasteiger partial charge in [-0.2, -0.15) is 0 Å². The van der Waals surface area contributed by atoms with E-state index in [1.54, 1.807) is 29.0 Å². The van der Waals surface area contributed by atoms with E-state index < -0.39 is 6.17 Å². The summed E-state index contributed by atoms with van der Waals surface area (Å²) in [4.78, 5) is 28.0. The number of halogens is 1. The molecule has 5 rings (SSSR count). The molecule has 0 spiro atoms. The van der Waals surface area contributed by atoms with E-state index in [2.05, 4.69) is 10.2 Å². The van der Waals surface area contributed by atoms with Crippen molar-refractivity contribution in [2.45, 2.75) is 44.8 Å². The first kappa shape index (κ1) is 22.6. The zero-order valence-corrected chi connectivity index (χ0v) is 19.4. The minimum absolute atomic E-state index is 0.110. The molecule has 2 aromatic carbocycles. The molecule has 178 valence electrons. The van der Waals surface area contributed by atoms with E-state index in [1.807, 2.05) is 31.2 Å². The second-order valence-corrected chi connectivity index (χ2v) is 9.38. The molecule has 1 aliphatic carbocycles. The zero-order chi connectivity index (χ0) is 23.7. The third-order valence-corrected chi connectivity index (χ3v) is 6.64. The van der Waals surface area contributed by atoms with E-state index in [0.29, 0.717) is 48.5 Å². The summed E-state index contributed by atoms with van der Waals surface area (Å²) in [5.41, 5.74) is 1.98. The van der Waals surface area contributed by atoms with E-state index in [4.69, 9.17) is 4.74 Å². The molecule has 2 fully saturated rings. The summed E-state index contributed by atoms with van der Waals surface area (Å²) < 4.78 is 21.1. The van der Waals surface area contributed by atoms with Crippen LogP contribution in [0.4, 0.5) is 4.39 Å². The van der Waals surface area contributed by atoms with Gasteiger partial charge in [0.25, 0.3) is 11.5 Å². The molecule has 2 heterocycles. The van der Waals surface area contributed by atoms with Crippen LogP contribution in [0.5, 0.6) is 5.75 Å². The van der Waals surface area contributed by atoms with Crippen molar-refractivity contribution in [1.82, 2.24) is 14.8 Å².